The van der Waals surface area contributed by atoms with Gasteiger partial charge in [0.05, 0.1) is 58.5 Å². The third-order valence-corrected chi connectivity index (χ3v) is 11.0. The number of urea groups is 1. The van der Waals surface area contributed by atoms with Gasteiger partial charge < -0.3 is 33.5 Å². The standard InChI is InChI=1S/C40H52N5O8P/c1-28(2)45(29(3)4)54(52-23-11-22-41)53-27-34(42-37(46)25-44-24-30(5)38(47)43-39(44)48)26-51-40(31-12-9-8-10-13-31,32-14-18-35(49-6)19-15-32)33-16-20-36(50-7)21-17-33/h8-10,12-21,28-30,34H,11,23-27H2,1-7H3,(H,42,46)(H,43,47,48)/t30?,34-,54?/m1/s1. The maximum absolute atomic E-state index is 13.7. The molecule has 4 amide bonds. The minimum Gasteiger partial charge on any atom is -0.497 e. The normalized spacial score (nSPS) is 15.9. The number of hydrogen-bond donors (Lipinski definition) is 2. The number of ether oxygens (including phenoxy) is 3. The van der Waals surface area contributed by atoms with Gasteiger partial charge in [0, 0.05) is 18.6 Å². The first kappa shape index (κ1) is 42.2. The van der Waals surface area contributed by atoms with Crippen LogP contribution in [0.5, 0.6) is 11.5 Å². The number of benzene rings is 3. The zero-order valence-corrected chi connectivity index (χ0v) is 33.0. The van der Waals surface area contributed by atoms with Crippen LogP contribution in [0.1, 0.15) is 57.7 Å². The van der Waals surface area contributed by atoms with Crippen LogP contribution in [0.25, 0.3) is 0 Å². The van der Waals surface area contributed by atoms with Crippen LogP contribution in [0.4, 0.5) is 4.79 Å². The largest absolute Gasteiger partial charge is 0.497 e. The lowest BCUT2D eigenvalue weighted by Crippen LogP contribution is -2.57. The van der Waals surface area contributed by atoms with Crippen molar-refractivity contribution in [2.75, 3.05) is 47.1 Å². The van der Waals surface area contributed by atoms with Crippen molar-refractivity contribution >= 4 is 26.4 Å². The molecule has 1 aliphatic rings. The van der Waals surface area contributed by atoms with E-state index in [1.807, 2.05) is 107 Å². The van der Waals surface area contributed by atoms with Gasteiger partial charge in [-0.05, 0) is 68.7 Å². The minimum atomic E-state index is -1.65. The second-order valence-corrected chi connectivity index (χ2v) is 15.0. The van der Waals surface area contributed by atoms with Gasteiger partial charge in [-0.25, -0.2) is 9.46 Å². The Balaban J connectivity index is 1.74. The van der Waals surface area contributed by atoms with Crippen LogP contribution in [0.15, 0.2) is 78.9 Å². The molecule has 1 aliphatic heterocycles. The van der Waals surface area contributed by atoms with E-state index < -0.39 is 38.0 Å². The number of nitrogens with zero attached hydrogens (tertiary/aromatic N) is 3. The molecule has 14 heteroatoms. The average molecular weight is 762 g/mol. The van der Waals surface area contributed by atoms with E-state index in [2.05, 4.69) is 21.4 Å². The number of carbonyl (C=O) groups excluding carboxylic acids is 3. The SMILES string of the molecule is COc1ccc(C(OC[C@H](COP(OCCC#N)N(C(C)C)C(C)C)NC(=O)CN2CC(C)C(=O)NC2=O)(c2ccccc2)c2ccc(OC)cc2)cc1. The molecule has 3 aromatic rings. The van der Waals surface area contributed by atoms with Crippen molar-refractivity contribution in [3.05, 3.63) is 95.6 Å². The summed E-state index contributed by atoms with van der Waals surface area (Å²) in [6.07, 6.45) is 0.192. The quantitative estimate of drug-likeness (QED) is 0.0800. The Morgan fingerprint density at radius 3 is 1.98 bits per heavy atom. The predicted octanol–water partition coefficient (Wildman–Crippen LogP) is 5.98. The highest BCUT2D eigenvalue weighted by molar-refractivity contribution is 7.44. The molecule has 1 fully saturated rings. The summed E-state index contributed by atoms with van der Waals surface area (Å²) in [6.45, 7) is 9.83. The Morgan fingerprint density at radius 1 is 0.907 bits per heavy atom. The summed E-state index contributed by atoms with van der Waals surface area (Å²) < 4.78 is 32.9. The van der Waals surface area contributed by atoms with E-state index in [0.717, 1.165) is 16.7 Å². The molecular formula is C40H52N5O8P. The van der Waals surface area contributed by atoms with E-state index in [1.165, 1.54) is 4.90 Å². The Labute approximate surface area is 319 Å². The Kier molecular flexibility index (Phi) is 15.8. The second-order valence-electron chi connectivity index (χ2n) is 13.5. The molecule has 0 aliphatic carbocycles. The molecule has 0 spiro atoms. The minimum absolute atomic E-state index is 0.0167. The third-order valence-electron chi connectivity index (χ3n) is 8.88. The van der Waals surface area contributed by atoms with E-state index in [4.69, 9.17) is 23.3 Å². The van der Waals surface area contributed by atoms with E-state index in [0.29, 0.717) is 11.5 Å². The summed E-state index contributed by atoms with van der Waals surface area (Å²) in [5.74, 6) is 0.0519. The Bertz CT molecular complexity index is 1650. The number of hydrogen-bond acceptors (Lipinski definition) is 10. The first-order valence-electron chi connectivity index (χ1n) is 18.0. The van der Waals surface area contributed by atoms with Crippen molar-refractivity contribution in [3.8, 4) is 17.6 Å². The fraction of sp³-hybridized carbons (Fsp3) is 0.450. The second kappa shape index (κ2) is 20.2. The van der Waals surface area contributed by atoms with E-state index in [9.17, 15) is 19.6 Å². The summed E-state index contributed by atoms with van der Waals surface area (Å²) in [5.41, 5.74) is 1.27. The summed E-state index contributed by atoms with van der Waals surface area (Å²) >= 11 is 0. The van der Waals surface area contributed by atoms with Crippen molar-refractivity contribution in [1.29, 1.82) is 5.26 Å². The van der Waals surface area contributed by atoms with Gasteiger partial charge in [-0.15, -0.1) is 0 Å². The van der Waals surface area contributed by atoms with Crippen molar-refractivity contribution < 1.29 is 37.6 Å². The van der Waals surface area contributed by atoms with Crippen LogP contribution >= 0.6 is 8.53 Å². The van der Waals surface area contributed by atoms with E-state index in [-0.39, 0.29) is 57.3 Å². The number of nitrogens with one attached hydrogen (secondary N) is 2. The van der Waals surface area contributed by atoms with Crippen molar-refractivity contribution in [1.82, 2.24) is 20.2 Å². The lowest BCUT2D eigenvalue weighted by Gasteiger charge is -2.38. The highest BCUT2D eigenvalue weighted by atomic mass is 31.2. The molecule has 0 saturated carbocycles. The van der Waals surface area contributed by atoms with Crippen LogP contribution in [0.2, 0.25) is 0 Å². The molecule has 54 heavy (non-hydrogen) atoms. The van der Waals surface area contributed by atoms with Crippen molar-refractivity contribution in [2.24, 2.45) is 5.92 Å². The monoisotopic (exact) mass is 761 g/mol. The van der Waals surface area contributed by atoms with Gasteiger partial charge >= 0.3 is 6.03 Å². The van der Waals surface area contributed by atoms with Crippen molar-refractivity contribution in [3.63, 3.8) is 0 Å². The van der Waals surface area contributed by atoms with Crippen LogP contribution in [0, 0.1) is 17.2 Å². The molecular weight excluding hydrogens is 709 g/mol. The number of amides is 4. The zero-order chi connectivity index (χ0) is 39.3. The number of methoxy groups -OCH3 is 2. The molecule has 2 unspecified atom stereocenters. The fourth-order valence-electron chi connectivity index (χ4n) is 6.29. The molecule has 0 bridgehead atoms. The molecule has 13 nitrogen and oxygen atoms in total. The number of rotatable bonds is 20. The van der Waals surface area contributed by atoms with Crippen molar-refractivity contribution in [2.45, 2.75) is 64.8 Å². The molecule has 4 rings (SSSR count). The Hall–Kier alpha value is -4.57. The van der Waals surface area contributed by atoms with Gasteiger partial charge in [0.15, 0.2) is 0 Å². The van der Waals surface area contributed by atoms with Gasteiger partial charge in [-0.2, -0.15) is 5.26 Å². The maximum atomic E-state index is 13.7. The molecule has 0 radical (unpaired) electrons. The Morgan fingerprint density at radius 2 is 1.46 bits per heavy atom. The molecule has 1 saturated heterocycles. The first-order chi connectivity index (χ1) is 25.9. The highest BCUT2D eigenvalue weighted by Crippen LogP contribution is 2.46. The molecule has 3 atom stereocenters. The molecule has 2 N–H and O–H groups in total. The number of carbonyl (C=O) groups is 3. The summed E-state index contributed by atoms with van der Waals surface area (Å²) in [7, 11) is 1.56. The van der Waals surface area contributed by atoms with Gasteiger partial charge in [0.2, 0.25) is 11.8 Å². The summed E-state index contributed by atoms with van der Waals surface area (Å²) in [5, 5.41) is 14.6. The lowest BCUT2D eigenvalue weighted by molar-refractivity contribution is -0.128. The van der Waals surface area contributed by atoms with Crippen LogP contribution in [0.3, 0.4) is 0 Å². The smallest absolute Gasteiger partial charge is 0.324 e. The summed E-state index contributed by atoms with van der Waals surface area (Å²) in [6, 6.07) is 25.9. The maximum Gasteiger partial charge on any atom is 0.324 e. The fourth-order valence-corrected chi connectivity index (χ4v) is 7.94. The molecule has 290 valence electrons. The highest BCUT2D eigenvalue weighted by Gasteiger charge is 2.39. The van der Waals surface area contributed by atoms with Gasteiger partial charge in [0.1, 0.15) is 23.6 Å². The topological polar surface area (TPSA) is 152 Å². The number of nitriles is 1. The summed E-state index contributed by atoms with van der Waals surface area (Å²) in [4.78, 5) is 39.7. The zero-order valence-electron chi connectivity index (χ0n) is 32.1. The van der Waals surface area contributed by atoms with Gasteiger partial charge in [-0.3, -0.25) is 14.9 Å². The average Bonchev–Trinajstić information content (AvgIpc) is 3.16. The molecule has 0 aromatic heterocycles. The van der Waals surface area contributed by atoms with Gasteiger partial charge in [-0.1, -0.05) is 61.5 Å². The predicted molar refractivity (Wildman–Crippen MR) is 206 cm³/mol. The van der Waals surface area contributed by atoms with E-state index in [1.54, 1.807) is 21.1 Å². The first-order valence-corrected chi connectivity index (χ1v) is 19.1. The van der Waals surface area contributed by atoms with Crippen LogP contribution < -0.4 is 20.1 Å². The number of imide groups is 1. The van der Waals surface area contributed by atoms with Crippen LogP contribution in [-0.2, 0) is 29.0 Å². The van der Waals surface area contributed by atoms with Crippen LogP contribution in [-0.4, -0.2) is 92.7 Å². The lowest BCUT2D eigenvalue weighted by atomic mass is 9.80. The third kappa shape index (κ3) is 10.8. The van der Waals surface area contributed by atoms with E-state index >= 15 is 0 Å². The molecule has 3 aromatic carbocycles. The van der Waals surface area contributed by atoms with Gasteiger partial charge in [0.25, 0.3) is 8.53 Å². The molecule has 1 heterocycles.